The molecule has 2 rings (SSSR count). The van der Waals surface area contributed by atoms with Crippen molar-refractivity contribution in [3.63, 3.8) is 0 Å². The maximum absolute atomic E-state index is 2.27. The highest BCUT2D eigenvalue weighted by Gasteiger charge is 1.98. The zero-order chi connectivity index (χ0) is 9.10. The van der Waals surface area contributed by atoms with E-state index in [2.05, 4.69) is 47.9 Å². The second-order valence-corrected chi connectivity index (χ2v) is 3.42. The highest BCUT2D eigenvalue weighted by molar-refractivity contribution is 5.49. The molecule has 0 saturated heterocycles. The first kappa shape index (κ1) is 8.36. The quantitative estimate of drug-likeness (QED) is 0.671. The van der Waals surface area contributed by atoms with Gasteiger partial charge in [-0.3, -0.25) is 0 Å². The molecule has 0 aliphatic rings. The highest BCUT2D eigenvalue weighted by atomic mass is 14.9. The van der Waals surface area contributed by atoms with Crippen LogP contribution in [-0.4, -0.2) is 4.40 Å². The van der Waals surface area contributed by atoms with Crippen molar-refractivity contribution in [2.45, 2.75) is 26.2 Å². The summed E-state index contributed by atoms with van der Waals surface area (Å²) >= 11 is 0. The number of hydrogen-bond donors (Lipinski definition) is 0. The Bertz CT molecular complexity index is 387. The van der Waals surface area contributed by atoms with E-state index < -0.39 is 0 Å². The van der Waals surface area contributed by atoms with E-state index in [0.29, 0.717) is 0 Å². The minimum Gasteiger partial charge on any atom is -0.321 e. The number of aromatic nitrogens is 1. The van der Waals surface area contributed by atoms with Gasteiger partial charge in [-0.05, 0) is 37.1 Å². The van der Waals surface area contributed by atoms with E-state index in [1.54, 1.807) is 0 Å². The lowest BCUT2D eigenvalue weighted by molar-refractivity contribution is 0.770. The van der Waals surface area contributed by atoms with Crippen LogP contribution in [0.5, 0.6) is 0 Å². The molecule has 0 aromatic carbocycles. The van der Waals surface area contributed by atoms with Crippen molar-refractivity contribution < 1.29 is 0 Å². The van der Waals surface area contributed by atoms with E-state index in [4.69, 9.17) is 0 Å². The summed E-state index contributed by atoms with van der Waals surface area (Å²) < 4.78 is 2.27. The second-order valence-electron chi connectivity index (χ2n) is 3.42. The summed E-state index contributed by atoms with van der Waals surface area (Å²) in [6.45, 7) is 2.23. The molecule has 2 heterocycles. The Balaban J connectivity index is 2.35. The van der Waals surface area contributed by atoms with Gasteiger partial charge in [0.2, 0.25) is 0 Å². The summed E-state index contributed by atoms with van der Waals surface area (Å²) in [7, 11) is 0. The topological polar surface area (TPSA) is 4.41 Å². The summed E-state index contributed by atoms with van der Waals surface area (Å²) in [6.07, 6.45) is 5.87. The number of hydrogen-bond acceptors (Lipinski definition) is 0. The standard InChI is InChI=1S/C12H15N/c1-2-3-6-11-8-9-12-7-4-5-10-13(11)12/h4-5,7-10H,2-3,6H2,1H3. The van der Waals surface area contributed by atoms with Gasteiger partial charge in [-0.1, -0.05) is 19.4 Å². The van der Waals surface area contributed by atoms with Crippen LogP contribution in [0.3, 0.4) is 0 Å². The Labute approximate surface area is 79.0 Å². The maximum atomic E-state index is 2.27. The molecule has 0 amide bonds. The van der Waals surface area contributed by atoms with Crippen LogP contribution in [0.15, 0.2) is 36.5 Å². The van der Waals surface area contributed by atoms with Crippen molar-refractivity contribution in [2.24, 2.45) is 0 Å². The van der Waals surface area contributed by atoms with Gasteiger partial charge in [0.15, 0.2) is 0 Å². The number of aryl methyl sites for hydroxylation is 1. The monoisotopic (exact) mass is 173 g/mol. The van der Waals surface area contributed by atoms with Crippen molar-refractivity contribution in [2.75, 3.05) is 0 Å². The molecule has 0 aliphatic carbocycles. The Kier molecular flexibility index (Phi) is 2.35. The molecule has 13 heavy (non-hydrogen) atoms. The lowest BCUT2D eigenvalue weighted by Gasteiger charge is -2.00. The van der Waals surface area contributed by atoms with Crippen LogP contribution in [0.25, 0.3) is 5.52 Å². The number of fused-ring (bicyclic) bond motifs is 1. The minimum atomic E-state index is 1.19. The van der Waals surface area contributed by atoms with Gasteiger partial charge in [-0.2, -0.15) is 0 Å². The normalized spacial score (nSPS) is 10.8. The molecule has 0 unspecified atom stereocenters. The molecule has 0 N–H and O–H groups in total. The van der Waals surface area contributed by atoms with Crippen LogP contribution in [0.2, 0.25) is 0 Å². The lowest BCUT2D eigenvalue weighted by atomic mass is 10.2. The van der Waals surface area contributed by atoms with E-state index in [0.717, 1.165) is 0 Å². The molecule has 0 fully saturated rings. The molecular weight excluding hydrogens is 158 g/mol. The van der Waals surface area contributed by atoms with E-state index in [9.17, 15) is 0 Å². The SMILES string of the molecule is CCCCc1ccc2ccccn12. The van der Waals surface area contributed by atoms with Crippen LogP contribution in [0.1, 0.15) is 25.5 Å². The van der Waals surface area contributed by atoms with Gasteiger partial charge in [0, 0.05) is 17.4 Å². The maximum Gasteiger partial charge on any atom is 0.0452 e. The molecule has 2 aromatic rings. The van der Waals surface area contributed by atoms with Gasteiger partial charge in [0.1, 0.15) is 0 Å². The predicted octanol–water partition coefficient (Wildman–Crippen LogP) is 3.28. The Morgan fingerprint density at radius 3 is 2.92 bits per heavy atom. The summed E-state index contributed by atoms with van der Waals surface area (Å²) in [4.78, 5) is 0. The molecule has 0 aliphatic heterocycles. The number of nitrogens with zero attached hydrogens (tertiary/aromatic N) is 1. The van der Waals surface area contributed by atoms with Crippen molar-refractivity contribution in [3.8, 4) is 0 Å². The van der Waals surface area contributed by atoms with Crippen LogP contribution in [0.4, 0.5) is 0 Å². The van der Waals surface area contributed by atoms with Crippen LogP contribution < -0.4 is 0 Å². The largest absolute Gasteiger partial charge is 0.321 e. The first-order chi connectivity index (χ1) is 6.42. The summed E-state index contributed by atoms with van der Waals surface area (Å²) in [5, 5.41) is 0. The Morgan fingerprint density at radius 1 is 1.15 bits per heavy atom. The van der Waals surface area contributed by atoms with Gasteiger partial charge in [-0.15, -0.1) is 0 Å². The molecule has 68 valence electrons. The van der Waals surface area contributed by atoms with Gasteiger partial charge in [-0.25, -0.2) is 0 Å². The van der Waals surface area contributed by atoms with Crippen molar-refractivity contribution >= 4 is 5.52 Å². The molecule has 0 saturated carbocycles. The van der Waals surface area contributed by atoms with Crippen molar-refractivity contribution in [3.05, 3.63) is 42.2 Å². The molecule has 0 spiro atoms. The van der Waals surface area contributed by atoms with Crippen LogP contribution in [0, 0.1) is 0 Å². The molecule has 0 radical (unpaired) electrons. The molecule has 1 nitrogen and oxygen atoms in total. The fourth-order valence-electron chi connectivity index (χ4n) is 1.68. The van der Waals surface area contributed by atoms with Gasteiger partial charge in [0.25, 0.3) is 0 Å². The van der Waals surface area contributed by atoms with Crippen LogP contribution >= 0.6 is 0 Å². The molecule has 2 aromatic heterocycles. The van der Waals surface area contributed by atoms with Crippen LogP contribution in [-0.2, 0) is 6.42 Å². The first-order valence-corrected chi connectivity index (χ1v) is 4.97. The van der Waals surface area contributed by atoms with Crippen molar-refractivity contribution in [1.82, 2.24) is 4.40 Å². The zero-order valence-corrected chi connectivity index (χ0v) is 8.03. The molecule has 1 heteroatoms. The molecule has 0 bridgehead atoms. The predicted molar refractivity (Wildman–Crippen MR) is 56.0 cm³/mol. The smallest absolute Gasteiger partial charge is 0.0452 e. The van der Waals surface area contributed by atoms with Gasteiger partial charge >= 0.3 is 0 Å². The van der Waals surface area contributed by atoms with Gasteiger partial charge < -0.3 is 4.40 Å². The van der Waals surface area contributed by atoms with Gasteiger partial charge in [0.05, 0.1) is 0 Å². The van der Waals surface area contributed by atoms with E-state index in [1.807, 2.05) is 0 Å². The highest BCUT2D eigenvalue weighted by Crippen LogP contribution is 2.11. The molecular formula is C12H15N. The third-order valence-corrected chi connectivity index (χ3v) is 2.43. The van der Waals surface area contributed by atoms with Crippen molar-refractivity contribution in [1.29, 1.82) is 0 Å². The fourth-order valence-corrected chi connectivity index (χ4v) is 1.68. The Hall–Kier alpha value is -1.24. The first-order valence-electron chi connectivity index (χ1n) is 4.97. The average molecular weight is 173 g/mol. The van der Waals surface area contributed by atoms with E-state index in [-0.39, 0.29) is 0 Å². The third-order valence-electron chi connectivity index (χ3n) is 2.43. The zero-order valence-electron chi connectivity index (χ0n) is 8.03. The Morgan fingerprint density at radius 2 is 2.08 bits per heavy atom. The summed E-state index contributed by atoms with van der Waals surface area (Å²) in [5.41, 5.74) is 2.73. The molecule has 0 atom stereocenters. The lowest BCUT2D eigenvalue weighted by Crippen LogP contribution is -1.91. The summed E-state index contributed by atoms with van der Waals surface area (Å²) in [6, 6.07) is 10.7. The second kappa shape index (κ2) is 3.65. The number of unbranched alkanes of at least 4 members (excludes halogenated alkanes) is 1. The minimum absolute atomic E-state index is 1.19. The fraction of sp³-hybridized carbons (Fsp3) is 0.333. The third kappa shape index (κ3) is 1.59. The van der Waals surface area contributed by atoms with E-state index in [1.165, 1.54) is 30.5 Å². The number of rotatable bonds is 3. The summed E-state index contributed by atoms with van der Waals surface area (Å²) in [5.74, 6) is 0. The average Bonchev–Trinajstić information content (AvgIpc) is 2.58. The number of pyridine rings is 1. The van der Waals surface area contributed by atoms with E-state index >= 15 is 0 Å².